The number of hydrogen-bond donors (Lipinski definition) is 2. The maximum Gasteiger partial charge on any atom is 0.263 e. The van der Waals surface area contributed by atoms with E-state index in [0.29, 0.717) is 18.8 Å². The summed E-state index contributed by atoms with van der Waals surface area (Å²) in [5.74, 6) is 0.940. The van der Waals surface area contributed by atoms with E-state index in [1.165, 1.54) is 0 Å². The number of ether oxygens (including phenoxy) is 1. The quantitative estimate of drug-likeness (QED) is 0.846. The zero-order valence-corrected chi connectivity index (χ0v) is 14.8. The molecule has 0 radical (unpaired) electrons. The highest BCUT2D eigenvalue weighted by molar-refractivity contribution is 5.81. The van der Waals surface area contributed by atoms with Crippen LogP contribution in [0.4, 0.5) is 5.95 Å². The summed E-state index contributed by atoms with van der Waals surface area (Å²) in [4.78, 5) is 22.8. The Kier molecular flexibility index (Phi) is 5.68. The van der Waals surface area contributed by atoms with E-state index in [2.05, 4.69) is 9.97 Å². The van der Waals surface area contributed by atoms with Gasteiger partial charge in [-0.3, -0.25) is 4.79 Å². The molecule has 0 bridgehead atoms. The van der Waals surface area contributed by atoms with Crippen LogP contribution in [0.2, 0.25) is 0 Å². The minimum atomic E-state index is -0.599. The van der Waals surface area contributed by atoms with Gasteiger partial charge in [0.1, 0.15) is 5.75 Å². The van der Waals surface area contributed by atoms with Gasteiger partial charge in [0.15, 0.2) is 6.10 Å². The van der Waals surface area contributed by atoms with Crippen molar-refractivity contribution in [3.63, 3.8) is 0 Å². The Morgan fingerprint density at radius 1 is 1.46 bits per heavy atom. The number of aliphatic hydroxyl groups excluding tert-OH is 1. The fourth-order valence-corrected chi connectivity index (χ4v) is 3.26. The molecule has 0 aliphatic carbocycles. The van der Waals surface area contributed by atoms with Crippen molar-refractivity contribution in [2.45, 2.75) is 38.4 Å². The smallest absolute Gasteiger partial charge is 0.263 e. The lowest BCUT2D eigenvalue weighted by atomic mass is 9.94. The molecule has 1 amide bonds. The number of hydrogen-bond acceptors (Lipinski definition) is 6. The Bertz CT molecular complexity index is 768. The van der Waals surface area contributed by atoms with Crippen molar-refractivity contribution in [2.24, 2.45) is 0 Å². The predicted molar refractivity (Wildman–Crippen MR) is 97.5 cm³/mol. The average molecular weight is 356 g/mol. The van der Waals surface area contributed by atoms with Crippen LogP contribution in [-0.4, -0.2) is 45.1 Å². The van der Waals surface area contributed by atoms with Crippen LogP contribution in [0.15, 0.2) is 36.5 Å². The first-order valence-corrected chi connectivity index (χ1v) is 8.80. The normalized spacial score (nSPS) is 18.4. The summed E-state index contributed by atoms with van der Waals surface area (Å²) >= 11 is 0. The molecule has 1 aliphatic rings. The minimum absolute atomic E-state index is 0.0499. The molecule has 2 aromatic rings. The number of carbonyl (C=O) groups is 1. The molecule has 1 fully saturated rings. The van der Waals surface area contributed by atoms with E-state index in [0.717, 1.165) is 24.1 Å². The molecule has 26 heavy (non-hydrogen) atoms. The van der Waals surface area contributed by atoms with E-state index < -0.39 is 6.10 Å². The Morgan fingerprint density at radius 3 is 3.08 bits per heavy atom. The lowest BCUT2D eigenvalue weighted by Crippen LogP contribution is -2.45. The summed E-state index contributed by atoms with van der Waals surface area (Å²) in [6.07, 6.45) is 2.93. The molecule has 7 nitrogen and oxygen atoms in total. The zero-order valence-electron chi connectivity index (χ0n) is 14.8. The van der Waals surface area contributed by atoms with Crippen LogP contribution in [0.25, 0.3) is 0 Å². The van der Waals surface area contributed by atoms with Gasteiger partial charge >= 0.3 is 0 Å². The summed E-state index contributed by atoms with van der Waals surface area (Å²) in [6, 6.07) is 8.99. The maximum absolute atomic E-state index is 12.8. The van der Waals surface area contributed by atoms with Crippen molar-refractivity contribution in [3.05, 3.63) is 47.8 Å². The third-order valence-corrected chi connectivity index (χ3v) is 4.59. The number of benzene rings is 1. The number of rotatable bonds is 5. The molecule has 1 saturated heterocycles. The molecule has 0 spiro atoms. The fraction of sp³-hybridized carbons (Fsp3) is 0.421. The summed E-state index contributed by atoms with van der Waals surface area (Å²) in [5.41, 5.74) is 7.30. The monoisotopic (exact) mass is 356 g/mol. The van der Waals surface area contributed by atoms with E-state index in [4.69, 9.17) is 10.5 Å². The van der Waals surface area contributed by atoms with Crippen LogP contribution in [0.3, 0.4) is 0 Å². The molecule has 0 saturated carbocycles. The minimum Gasteiger partial charge on any atom is -0.481 e. The van der Waals surface area contributed by atoms with Gasteiger partial charge in [0.25, 0.3) is 5.91 Å². The highest BCUT2D eigenvalue weighted by Gasteiger charge is 2.29. The van der Waals surface area contributed by atoms with Crippen LogP contribution in [0.1, 0.15) is 36.9 Å². The summed E-state index contributed by atoms with van der Waals surface area (Å²) < 4.78 is 5.78. The second kappa shape index (κ2) is 8.14. The first kappa shape index (κ1) is 18.1. The van der Waals surface area contributed by atoms with Crippen LogP contribution >= 0.6 is 0 Å². The van der Waals surface area contributed by atoms with Crippen molar-refractivity contribution < 1.29 is 14.6 Å². The van der Waals surface area contributed by atoms with Crippen LogP contribution in [-0.2, 0) is 11.4 Å². The Labute approximate surface area is 152 Å². The van der Waals surface area contributed by atoms with Gasteiger partial charge in [-0.2, -0.15) is 0 Å². The molecular formula is C19H24N4O3. The number of likely N-dealkylation sites (tertiary alicyclic amines) is 1. The molecule has 3 N–H and O–H groups in total. The Balaban J connectivity index is 1.64. The molecule has 2 atom stereocenters. The van der Waals surface area contributed by atoms with Gasteiger partial charge in [0.2, 0.25) is 5.95 Å². The van der Waals surface area contributed by atoms with Crippen LogP contribution in [0, 0.1) is 0 Å². The third kappa shape index (κ3) is 4.29. The number of anilines is 1. The molecular weight excluding hydrogens is 332 g/mol. The highest BCUT2D eigenvalue weighted by atomic mass is 16.5. The SMILES string of the molecule is CC(Oc1cccc(CO)c1)C(=O)N1CCCC(c2ccnc(N)n2)C1. The number of aliphatic hydroxyl groups is 1. The van der Waals surface area contributed by atoms with Crippen molar-refractivity contribution in [2.75, 3.05) is 18.8 Å². The Morgan fingerprint density at radius 2 is 2.31 bits per heavy atom. The first-order chi connectivity index (χ1) is 12.6. The van der Waals surface area contributed by atoms with Gasteiger partial charge in [-0.15, -0.1) is 0 Å². The second-order valence-corrected chi connectivity index (χ2v) is 6.53. The van der Waals surface area contributed by atoms with E-state index in [1.54, 1.807) is 31.3 Å². The standard InChI is InChI=1S/C19H24N4O3/c1-13(26-16-6-2-4-14(10-16)12-24)18(25)23-9-3-5-15(11-23)17-7-8-21-19(20)22-17/h2,4,6-8,10,13,15,24H,3,5,9,11-12H2,1H3,(H2,20,21,22). The number of amides is 1. The number of nitrogens with zero attached hydrogens (tertiary/aromatic N) is 3. The molecule has 2 heterocycles. The second-order valence-electron chi connectivity index (χ2n) is 6.53. The molecule has 2 unspecified atom stereocenters. The lowest BCUT2D eigenvalue weighted by Gasteiger charge is -2.34. The lowest BCUT2D eigenvalue weighted by molar-refractivity contribution is -0.139. The van der Waals surface area contributed by atoms with Crippen molar-refractivity contribution in [1.82, 2.24) is 14.9 Å². The maximum atomic E-state index is 12.8. The number of piperidine rings is 1. The summed E-state index contributed by atoms with van der Waals surface area (Å²) in [6.45, 7) is 3.00. The zero-order chi connectivity index (χ0) is 18.5. The van der Waals surface area contributed by atoms with Gasteiger partial charge in [0.05, 0.1) is 12.3 Å². The van der Waals surface area contributed by atoms with Gasteiger partial charge < -0.3 is 20.5 Å². The molecule has 138 valence electrons. The van der Waals surface area contributed by atoms with Crippen molar-refractivity contribution in [1.29, 1.82) is 0 Å². The number of nitrogens with two attached hydrogens (primary N) is 1. The predicted octanol–water partition coefficient (Wildman–Crippen LogP) is 1.72. The summed E-state index contributed by atoms with van der Waals surface area (Å²) in [7, 11) is 0. The van der Waals surface area contributed by atoms with E-state index >= 15 is 0 Å². The van der Waals surface area contributed by atoms with Crippen molar-refractivity contribution in [3.8, 4) is 5.75 Å². The topological polar surface area (TPSA) is 102 Å². The largest absolute Gasteiger partial charge is 0.481 e. The van der Waals surface area contributed by atoms with Gasteiger partial charge in [0, 0.05) is 25.2 Å². The third-order valence-electron chi connectivity index (χ3n) is 4.59. The van der Waals surface area contributed by atoms with Crippen molar-refractivity contribution >= 4 is 11.9 Å². The van der Waals surface area contributed by atoms with Crippen LogP contribution < -0.4 is 10.5 Å². The summed E-state index contributed by atoms with van der Waals surface area (Å²) in [5, 5.41) is 9.22. The number of aromatic nitrogens is 2. The number of carbonyl (C=O) groups excluding carboxylic acids is 1. The van der Waals surface area contributed by atoms with Crippen LogP contribution in [0.5, 0.6) is 5.75 Å². The molecule has 1 aromatic heterocycles. The average Bonchev–Trinajstić information content (AvgIpc) is 2.67. The molecule has 1 aliphatic heterocycles. The molecule has 7 heteroatoms. The first-order valence-electron chi connectivity index (χ1n) is 8.80. The van der Waals surface area contributed by atoms with E-state index in [1.807, 2.05) is 17.0 Å². The van der Waals surface area contributed by atoms with Gasteiger partial charge in [-0.1, -0.05) is 12.1 Å². The highest BCUT2D eigenvalue weighted by Crippen LogP contribution is 2.26. The van der Waals surface area contributed by atoms with E-state index in [-0.39, 0.29) is 24.4 Å². The Hall–Kier alpha value is -2.67. The number of nitrogen functional groups attached to an aromatic ring is 1. The fourth-order valence-electron chi connectivity index (χ4n) is 3.26. The van der Waals surface area contributed by atoms with Gasteiger partial charge in [-0.25, -0.2) is 9.97 Å². The molecule has 1 aromatic carbocycles. The van der Waals surface area contributed by atoms with E-state index in [9.17, 15) is 9.90 Å². The van der Waals surface area contributed by atoms with Gasteiger partial charge in [-0.05, 0) is 43.5 Å². The molecule has 3 rings (SSSR count).